The van der Waals surface area contributed by atoms with E-state index in [1.807, 2.05) is 22.6 Å². The standard InChI is InChI=1S/C12H14FIN2O4/c13-10-7(5-17)9(18)3-8(10)16-4-6(1-2-14)11(19)15-12(16)20/h1-2,4,7-10,17-18H,3,5H2,(H,15,19,20). The Hall–Kier alpha value is -1.00. The highest BCUT2D eigenvalue weighted by Crippen LogP contribution is 2.36. The lowest BCUT2D eigenvalue weighted by Crippen LogP contribution is -2.36. The maximum Gasteiger partial charge on any atom is 0.328 e. The quantitative estimate of drug-likeness (QED) is 0.636. The first-order valence-corrected chi connectivity index (χ1v) is 7.29. The molecule has 20 heavy (non-hydrogen) atoms. The molecule has 3 N–H and O–H groups in total. The maximum atomic E-state index is 14.2. The predicted octanol–water partition coefficient (Wildman–Crippen LogP) is 0.195. The third-order valence-corrected chi connectivity index (χ3v) is 3.92. The molecule has 0 spiro atoms. The van der Waals surface area contributed by atoms with Gasteiger partial charge in [0.1, 0.15) is 6.17 Å². The summed E-state index contributed by atoms with van der Waals surface area (Å²) in [4.78, 5) is 25.5. The van der Waals surface area contributed by atoms with E-state index in [0.29, 0.717) is 0 Å². The first-order valence-electron chi connectivity index (χ1n) is 6.04. The minimum atomic E-state index is -1.55. The minimum absolute atomic E-state index is 0.0196. The molecule has 1 aromatic rings. The van der Waals surface area contributed by atoms with Gasteiger partial charge >= 0.3 is 5.69 Å². The molecule has 1 aliphatic carbocycles. The van der Waals surface area contributed by atoms with Crippen molar-refractivity contribution >= 4 is 28.7 Å². The van der Waals surface area contributed by atoms with E-state index in [4.69, 9.17) is 5.11 Å². The van der Waals surface area contributed by atoms with Gasteiger partial charge in [-0.05, 0) is 16.6 Å². The molecule has 6 nitrogen and oxygen atoms in total. The smallest absolute Gasteiger partial charge is 0.328 e. The minimum Gasteiger partial charge on any atom is -0.396 e. The van der Waals surface area contributed by atoms with Crippen LogP contribution < -0.4 is 11.2 Å². The Kier molecular flexibility index (Phi) is 4.76. The van der Waals surface area contributed by atoms with E-state index in [2.05, 4.69) is 4.98 Å². The third kappa shape index (κ3) is 2.72. The van der Waals surface area contributed by atoms with Gasteiger partial charge in [-0.3, -0.25) is 14.3 Å². The Bertz CT molecular complexity index is 627. The van der Waals surface area contributed by atoms with Gasteiger partial charge in [0.15, 0.2) is 0 Å². The van der Waals surface area contributed by atoms with Crippen LogP contribution in [0.15, 0.2) is 19.9 Å². The summed E-state index contributed by atoms with van der Waals surface area (Å²) in [6, 6.07) is -0.895. The zero-order valence-corrected chi connectivity index (χ0v) is 12.5. The van der Waals surface area contributed by atoms with Gasteiger partial charge in [-0.1, -0.05) is 22.6 Å². The molecule has 0 bridgehead atoms. The van der Waals surface area contributed by atoms with Crippen LogP contribution in [0.1, 0.15) is 18.0 Å². The largest absolute Gasteiger partial charge is 0.396 e. The topological polar surface area (TPSA) is 95.3 Å². The van der Waals surface area contributed by atoms with Crippen LogP contribution in [-0.2, 0) is 0 Å². The highest BCUT2D eigenvalue weighted by atomic mass is 127. The van der Waals surface area contributed by atoms with Crippen LogP contribution in [0.25, 0.3) is 6.08 Å². The Morgan fingerprint density at radius 1 is 1.55 bits per heavy atom. The van der Waals surface area contributed by atoms with Crippen molar-refractivity contribution in [3.05, 3.63) is 36.7 Å². The van der Waals surface area contributed by atoms with Gasteiger partial charge in [-0.15, -0.1) is 0 Å². The summed E-state index contributed by atoms with van der Waals surface area (Å²) in [7, 11) is 0. The van der Waals surface area contributed by atoms with Gasteiger partial charge in [-0.25, -0.2) is 9.18 Å². The SMILES string of the molecule is O=c1[nH]c(=O)n(C2CC(O)C(CO)C2F)cc1C=CI. The number of aromatic nitrogens is 2. The van der Waals surface area contributed by atoms with Crippen molar-refractivity contribution in [1.82, 2.24) is 9.55 Å². The monoisotopic (exact) mass is 396 g/mol. The number of halogens is 2. The van der Waals surface area contributed by atoms with E-state index in [1.54, 1.807) is 4.08 Å². The van der Waals surface area contributed by atoms with E-state index in [0.717, 1.165) is 4.57 Å². The van der Waals surface area contributed by atoms with E-state index in [9.17, 15) is 19.1 Å². The van der Waals surface area contributed by atoms with Gasteiger partial charge in [0, 0.05) is 12.1 Å². The first-order chi connectivity index (χ1) is 9.49. The Morgan fingerprint density at radius 2 is 2.25 bits per heavy atom. The number of nitrogens with zero attached hydrogens (tertiary/aromatic N) is 1. The molecule has 4 atom stereocenters. The van der Waals surface area contributed by atoms with Crippen LogP contribution in [0.2, 0.25) is 0 Å². The Balaban J connectivity index is 2.46. The molecular weight excluding hydrogens is 382 g/mol. The average molecular weight is 396 g/mol. The molecule has 110 valence electrons. The Morgan fingerprint density at radius 3 is 2.80 bits per heavy atom. The summed E-state index contributed by atoms with van der Waals surface area (Å²) >= 11 is 1.93. The van der Waals surface area contributed by atoms with Crippen molar-refractivity contribution in [2.75, 3.05) is 6.61 Å². The van der Waals surface area contributed by atoms with Crippen LogP contribution >= 0.6 is 22.6 Å². The van der Waals surface area contributed by atoms with Crippen molar-refractivity contribution in [3.63, 3.8) is 0 Å². The van der Waals surface area contributed by atoms with Gasteiger partial charge in [0.05, 0.1) is 24.3 Å². The predicted molar refractivity (Wildman–Crippen MR) is 79.5 cm³/mol. The summed E-state index contributed by atoms with van der Waals surface area (Å²) < 4.78 is 16.9. The van der Waals surface area contributed by atoms with E-state index < -0.39 is 42.1 Å². The number of nitrogens with one attached hydrogen (secondary N) is 1. The van der Waals surface area contributed by atoms with Gasteiger partial charge in [0.25, 0.3) is 5.56 Å². The molecule has 0 saturated heterocycles. The molecule has 1 saturated carbocycles. The number of aromatic amines is 1. The van der Waals surface area contributed by atoms with Crippen LogP contribution in [0.5, 0.6) is 0 Å². The van der Waals surface area contributed by atoms with E-state index in [-0.39, 0.29) is 12.0 Å². The van der Waals surface area contributed by atoms with Crippen molar-refractivity contribution in [1.29, 1.82) is 0 Å². The molecule has 1 aliphatic rings. The number of aliphatic hydroxyl groups excluding tert-OH is 2. The van der Waals surface area contributed by atoms with Crippen LogP contribution in [0.3, 0.4) is 0 Å². The zero-order valence-electron chi connectivity index (χ0n) is 10.4. The molecule has 1 heterocycles. The molecule has 0 radical (unpaired) electrons. The molecule has 1 aromatic heterocycles. The first kappa shape index (κ1) is 15.4. The van der Waals surface area contributed by atoms with E-state index >= 15 is 0 Å². The van der Waals surface area contributed by atoms with Crippen molar-refractivity contribution in [3.8, 4) is 0 Å². The van der Waals surface area contributed by atoms with Gasteiger partial charge in [0.2, 0.25) is 0 Å². The van der Waals surface area contributed by atoms with E-state index in [1.165, 1.54) is 12.3 Å². The lowest BCUT2D eigenvalue weighted by atomic mass is 10.1. The number of hydrogen-bond donors (Lipinski definition) is 3. The number of rotatable bonds is 3. The van der Waals surface area contributed by atoms with Gasteiger partial charge in [-0.2, -0.15) is 0 Å². The Labute approximate surface area is 127 Å². The number of H-pyrrole nitrogens is 1. The molecule has 0 aromatic carbocycles. The second-order valence-corrected chi connectivity index (χ2v) is 5.42. The van der Waals surface area contributed by atoms with Crippen LogP contribution in [0, 0.1) is 5.92 Å². The fraction of sp³-hybridized carbons (Fsp3) is 0.500. The normalized spacial score (nSPS) is 30.2. The van der Waals surface area contributed by atoms with Crippen LogP contribution in [0.4, 0.5) is 4.39 Å². The highest BCUT2D eigenvalue weighted by molar-refractivity contribution is 14.1. The molecule has 8 heteroatoms. The molecule has 1 fully saturated rings. The van der Waals surface area contributed by atoms with Crippen molar-refractivity contribution in [2.45, 2.75) is 24.7 Å². The molecule has 0 aliphatic heterocycles. The van der Waals surface area contributed by atoms with Crippen molar-refractivity contribution in [2.24, 2.45) is 5.92 Å². The van der Waals surface area contributed by atoms with Crippen LogP contribution in [-0.4, -0.2) is 38.6 Å². The fourth-order valence-electron chi connectivity index (χ4n) is 2.47. The lowest BCUT2D eigenvalue weighted by Gasteiger charge is -2.18. The second-order valence-electron chi connectivity index (χ2n) is 4.70. The summed E-state index contributed by atoms with van der Waals surface area (Å²) in [6.07, 6.45) is 0.237. The number of alkyl halides is 1. The molecule has 2 rings (SSSR count). The zero-order chi connectivity index (χ0) is 14.9. The number of aliphatic hydroxyl groups is 2. The summed E-state index contributed by atoms with van der Waals surface area (Å²) in [6.45, 7) is -0.489. The molecular formula is C12H14FIN2O4. The summed E-state index contributed by atoms with van der Waals surface area (Å²) in [5, 5.41) is 18.8. The lowest BCUT2D eigenvalue weighted by molar-refractivity contribution is 0.0591. The number of hydrogen-bond acceptors (Lipinski definition) is 4. The maximum absolute atomic E-state index is 14.2. The van der Waals surface area contributed by atoms with Crippen molar-refractivity contribution < 1.29 is 14.6 Å². The third-order valence-electron chi connectivity index (χ3n) is 3.56. The summed E-state index contributed by atoms with van der Waals surface area (Å²) in [5.74, 6) is -0.914. The molecule has 0 amide bonds. The highest BCUT2D eigenvalue weighted by Gasteiger charge is 2.44. The summed E-state index contributed by atoms with van der Waals surface area (Å²) in [5.41, 5.74) is -1.04. The van der Waals surface area contributed by atoms with Gasteiger partial charge < -0.3 is 10.2 Å². The average Bonchev–Trinajstić information content (AvgIpc) is 2.68. The second kappa shape index (κ2) is 6.19. The fourth-order valence-corrected chi connectivity index (χ4v) is 2.86. The molecule has 4 unspecified atom stereocenters.